The molecule has 1 saturated heterocycles. The number of amides is 2. The molecule has 1 aliphatic rings. The van der Waals surface area contributed by atoms with Gasteiger partial charge in [-0.05, 0) is 13.3 Å². The first-order chi connectivity index (χ1) is 8.48. The first-order valence-electron chi connectivity index (χ1n) is 6.31. The van der Waals surface area contributed by atoms with E-state index < -0.39 is 5.41 Å². The van der Waals surface area contributed by atoms with Crippen LogP contribution in [0.2, 0.25) is 0 Å². The van der Waals surface area contributed by atoms with Crippen LogP contribution in [0.15, 0.2) is 0 Å². The molecule has 6 nitrogen and oxygen atoms in total. The molecule has 2 N–H and O–H groups in total. The van der Waals surface area contributed by atoms with Gasteiger partial charge in [-0.1, -0.05) is 6.92 Å². The van der Waals surface area contributed by atoms with E-state index in [0.29, 0.717) is 32.7 Å². The van der Waals surface area contributed by atoms with E-state index in [2.05, 4.69) is 4.74 Å². The van der Waals surface area contributed by atoms with Gasteiger partial charge in [0.2, 0.25) is 5.91 Å². The van der Waals surface area contributed by atoms with Gasteiger partial charge in [0.05, 0.1) is 12.5 Å². The van der Waals surface area contributed by atoms with Gasteiger partial charge in [0, 0.05) is 32.7 Å². The largest absolute Gasteiger partial charge is 0.453 e. The van der Waals surface area contributed by atoms with Gasteiger partial charge in [-0.25, -0.2) is 4.79 Å². The Bertz CT molecular complexity index is 308. The number of hydrogen-bond donors (Lipinski definition) is 1. The average Bonchev–Trinajstić information content (AvgIpc) is 2.44. The molecule has 0 saturated carbocycles. The summed E-state index contributed by atoms with van der Waals surface area (Å²) in [6, 6.07) is 0. The SMILES string of the molecule is CCC(C)(CN)C(=O)N1CCN(C(=O)OC)CC1. The van der Waals surface area contributed by atoms with E-state index in [1.807, 2.05) is 13.8 Å². The van der Waals surface area contributed by atoms with E-state index in [-0.39, 0.29) is 12.0 Å². The summed E-state index contributed by atoms with van der Waals surface area (Å²) in [5.41, 5.74) is 5.20. The van der Waals surface area contributed by atoms with Gasteiger partial charge in [-0.3, -0.25) is 4.79 Å². The molecule has 2 amide bonds. The Kier molecular flexibility index (Phi) is 4.95. The van der Waals surface area contributed by atoms with Gasteiger partial charge in [-0.15, -0.1) is 0 Å². The highest BCUT2D eigenvalue weighted by atomic mass is 16.5. The predicted octanol–water partition coefficient (Wildman–Crippen LogP) is 0.272. The predicted molar refractivity (Wildman–Crippen MR) is 68.0 cm³/mol. The lowest BCUT2D eigenvalue weighted by atomic mass is 9.86. The second-order valence-electron chi connectivity index (χ2n) is 4.87. The molecule has 1 fully saturated rings. The monoisotopic (exact) mass is 257 g/mol. The lowest BCUT2D eigenvalue weighted by molar-refractivity contribution is -0.142. The van der Waals surface area contributed by atoms with Gasteiger partial charge >= 0.3 is 6.09 Å². The van der Waals surface area contributed by atoms with Gasteiger partial charge < -0.3 is 20.3 Å². The summed E-state index contributed by atoms with van der Waals surface area (Å²) in [5.74, 6) is 0.0806. The number of methoxy groups -OCH3 is 1. The number of ether oxygens (including phenoxy) is 1. The Morgan fingerprint density at radius 1 is 1.22 bits per heavy atom. The van der Waals surface area contributed by atoms with E-state index in [9.17, 15) is 9.59 Å². The number of carbonyl (C=O) groups is 2. The maximum atomic E-state index is 12.3. The Balaban J connectivity index is 2.58. The van der Waals surface area contributed by atoms with E-state index in [4.69, 9.17) is 5.73 Å². The molecule has 1 unspecified atom stereocenters. The van der Waals surface area contributed by atoms with Gasteiger partial charge in [0.15, 0.2) is 0 Å². The van der Waals surface area contributed by atoms with Gasteiger partial charge in [0.25, 0.3) is 0 Å². The van der Waals surface area contributed by atoms with Crippen LogP contribution in [0, 0.1) is 5.41 Å². The number of hydrogen-bond acceptors (Lipinski definition) is 4. The first-order valence-corrected chi connectivity index (χ1v) is 6.31. The molecule has 1 rings (SSSR count). The molecular weight excluding hydrogens is 234 g/mol. The fraction of sp³-hybridized carbons (Fsp3) is 0.833. The standard InChI is InChI=1S/C12H23N3O3/c1-4-12(2,9-13)10(16)14-5-7-15(8-6-14)11(17)18-3/h4-9,13H2,1-3H3. The van der Waals surface area contributed by atoms with Crippen LogP contribution in [0.3, 0.4) is 0 Å². The molecule has 0 aromatic heterocycles. The van der Waals surface area contributed by atoms with Crippen molar-refractivity contribution in [1.29, 1.82) is 0 Å². The zero-order chi connectivity index (χ0) is 13.8. The molecule has 1 heterocycles. The molecule has 0 aromatic carbocycles. The third-order valence-corrected chi connectivity index (χ3v) is 3.75. The maximum absolute atomic E-state index is 12.3. The molecule has 0 bridgehead atoms. The van der Waals surface area contributed by atoms with Crippen molar-refractivity contribution >= 4 is 12.0 Å². The summed E-state index contributed by atoms with van der Waals surface area (Å²) in [6.07, 6.45) is 0.388. The molecule has 0 aliphatic carbocycles. The second kappa shape index (κ2) is 6.04. The Morgan fingerprint density at radius 3 is 2.11 bits per heavy atom. The molecule has 0 aromatic rings. The van der Waals surface area contributed by atoms with Crippen molar-refractivity contribution in [1.82, 2.24) is 9.80 Å². The van der Waals surface area contributed by atoms with Crippen LogP contribution in [-0.4, -0.2) is 61.6 Å². The molecule has 6 heteroatoms. The fourth-order valence-corrected chi connectivity index (χ4v) is 1.99. The van der Waals surface area contributed by atoms with Crippen molar-refractivity contribution < 1.29 is 14.3 Å². The van der Waals surface area contributed by atoms with E-state index in [1.54, 1.807) is 9.80 Å². The van der Waals surface area contributed by atoms with Gasteiger partial charge in [-0.2, -0.15) is 0 Å². The number of rotatable bonds is 3. The summed E-state index contributed by atoms with van der Waals surface area (Å²) in [6.45, 7) is 6.33. The highest BCUT2D eigenvalue weighted by Gasteiger charge is 2.35. The summed E-state index contributed by atoms with van der Waals surface area (Å²) >= 11 is 0. The third-order valence-electron chi connectivity index (χ3n) is 3.75. The lowest BCUT2D eigenvalue weighted by Crippen LogP contribution is -2.55. The minimum absolute atomic E-state index is 0.0806. The first kappa shape index (κ1) is 14.8. The van der Waals surface area contributed by atoms with E-state index in [1.165, 1.54) is 7.11 Å². The second-order valence-corrected chi connectivity index (χ2v) is 4.87. The van der Waals surface area contributed by atoms with Crippen molar-refractivity contribution in [3.05, 3.63) is 0 Å². The molecule has 1 aliphatic heterocycles. The molecule has 104 valence electrons. The molecule has 1 atom stereocenters. The summed E-state index contributed by atoms with van der Waals surface area (Å²) in [5, 5.41) is 0. The van der Waals surface area contributed by atoms with Crippen LogP contribution in [0.4, 0.5) is 4.79 Å². The van der Waals surface area contributed by atoms with Crippen molar-refractivity contribution in [2.45, 2.75) is 20.3 Å². The minimum Gasteiger partial charge on any atom is -0.453 e. The van der Waals surface area contributed by atoms with Crippen LogP contribution in [0.25, 0.3) is 0 Å². The third kappa shape index (κ3) is 2.93. The molecule has 0 spiro atoms. The summed E-state index contributed by atoms with van der Waals surface area (Å²) < 4.78 is 4.66. The number of carbonyl (C=O) groups excluding carboxylic acids is 2. The fourth-order valence-electron chi connectivity index (χ4n) is 1.99. The van der Waals surface area contributed by atoms with Crippen molar-refractivity contribution in [2.75, 3.05) is 39.8 Å². The lowest BCUT2D eigenvalue weighted by Gasteiger charge is -2.38. The highest BCUT2D eigenvalue weighted by Crippen LogP contribution is 2.23. The Labute approximate surface area is 108 Å². The maximum Gasteiger partial charge on any atom is 0.409 e. The van der Waals surface area contributed by atoms with Crippen LogP contribution in [-0.2, 0) is 9.53 Å². The van der Waals surface area contributed by atoms with E-state index in [0.717, 1.165) is 6.42 Å². The minimum atomic E-state index is -0.493. The number of nitrogens with zero attached hydrogens (tertiary/aromatic N) is 2. The number of nitrogens with two attached hydrogens (primary N) is 1. The van der Waals surface area contributed by atoms with Crippen molar-refractivity contribution in [2.24, 2.45) is 11.1 Å². The Hall–Kier alpha value is -1.30. The van der Waals surface area contributed by atoms with Gasteiger partial charge in [0.1, 0.15) is 0 Å². The highest BCUT2D eigenvalue weighted by molar-refractivity contribution is 5.83. The van der Waals surface area contributed by atoms with Crippen LogP contribution in [0.1, 0.15) is 20.3 Å². The zero-order valence-corrected chi connectivity index (χ0v) is 11.4. The average molecular weight is 257 g/mol. The number of piperazine rings is 1. The quantitative estimate of drug-likeness (QED) is 0.787. The normalized spacial score (nSPS) is 19.3. The van der Waals surface area contributed by atoms with E-state index >= 15 is 0 Å². The summed E-state index contributed by atoms with van der Waals surface area (Å²) in [7, 11) is 1.36. The van der Waals surface area contributed by atoms with Crippen LogP contribution in [0.5, 0.6) is 0 Å². The topological polar surface area (TPSA) is 75.9 Å². The molecule has 0 radical (unpaired) electrons. The molecule has 18 heavy (non-hydrogen) atoms. The zero-order valence-electron chi connectivity index (χ0n) is 11.4. The smallest absolute Gasteiger partial charge is 0.409 e. The Morgan fingerprint density at radius 2 is 1.72 bits per heavy atom. The van der Waals surface area contributed by atoms with Crippen molar-refractivity contribution in [3.63, 3.8) is 0 Å². The van der Waals surface area contributed by atoms with Crippen LogP contribution >= 0.6 is 0 Å². The van der Waals surface area contributed by atoms with Crippen LogP contribution < -0.4 is 5.73 Å². The van der Waals surface area contributed by atoms with Crippen molar-refractivity contribution in [3.8, 4) is 0 Å². The molecular formula is C12H23N3O3. The summed E-state index contributed by atoms with van der Waals surface area (Å²) in [4.78, 5) is 27.1.